The van der Waals surface area contributed by atoms with Crippen LogP contribution in [0, 0.1) is 17.8 Å². The molecule has 0 aromatic heterocycles. The van der Waals surface area contributed by atoms with E-state index in [1.54, 1.807) is 0 Å². The Bertz CT molecular complexity index is 351. The van der Waals surface area contributed by atoms with E-state index in [1.165, 1.54) is 18.9 Å². The quantitative estimate of drug-likeness (QED) is 0.738. The number of carbonyl (C=O) groups is 1. The van der Waals surface area contributed by atoms with Crippen LogP contribution in [0.2, 0.25) is 0 Å². The molecule has 2 rings (SSSR count). The van der Waals surface area contributed by atoms with Gasteiger partial charge in [0.1, 0.15) is 0 Å². The zero-order valence-electron chi connectivity index (χ0n) is 11.2. The normalized spacial score (nSPS) is 36.7. The largest absolute Gasteiger partial charge is 0.427 e. The standard InChI is InChI=1S/C14H21ClO3/c1-8(2)10-5-4-9(3)6-12(10)17-14-11(15)7-13(16)18-14/h7-10,12,14H,4-6H2,1-3H3/t9-,10+,12-,14-/m1/s1. The summed E-state index contributed by atoms with van der Waals surface area (Å²) in [6.45, 7) is 6.68. The van der Waals surface area contributed by atoms with Crippen molar-refractivity contribution < 1.29 is 14.3 Å². The van der Waals surface area contributed by atoms with Crippen molar-refractivity contribution in [2.75, 3.05) is 0 Å². The van der Waals surface area contributed by atoms with Gasteiger partial charge in [0.05, 0.1) is 11.1 Å². The first-order valence-corrected chi connectivity index (χ1v) is 7.08. The SMILES string of the molecule is CC(C)[C@@H]1CC[C@@H](C)C[C@H]1O[C@@H]1OC(=O)C=C1Cl. The number of hydrogen-bond donors (Lipinski definition) is 0. The Hall–Kier alpha value is -0.540. The molecule has 2 aliphatic rings. The average Bonchev–Trinajstić information content (AvgIpc) is 2.57. The molecule has 4 atom stereocenters. The van der Waals surface area contributed by atoms with Gasteiger partial charge in [-0.25, -0.2) is 4.79 Å². The molecule has 1 aliphatic carbocycles. The molecular formula is C14H21ClO3. The minimum Gasteiger partial charge on any atom is -0.427 e. The predicted octanol–water partition coefficient (Wildman–Crippen LogP) is 3.47. The molecule has 0 radical (unpaired) electrons. The zero-order valence-corrected chi connectivity index (χ0v) is 11.9. The number of halogens is 1. The molecule has 0 saturated heterocycles. The van der Waals surface area contributed by atoms with Gasteiger partial charge in [-0.2, -0.15) is 0 Å². The van der Waals surface area contributed by atoms with E-state index in [0.717, 1.165) is 6.42 Å². The van der Waals surface area contributed by atoms with E-state index < -0.39 is 12.3 Å². The van der Waals surface area contributed by atoms with Crippen molar-refractivity contribution in [1.29, 1.82) is 0 Å². The molecular weight excluding hydrogens is 252 g/mol. The molecule has 0 unspecified atom stereocenters. The van der Waals surface area contributed by atoms with E-state index in [9.17, 15) is 4.79 Å². The van der Waals surface area contributed by atoms with Gasteiger partial charge in [-0.05, 0) is 30.6 Å². The zero-order chi connectivity index (χ0) is 13.3. The summed E-state index contributed by atoms with van der Waals surface area (Å²) in [5.41, 5.74) is 0. The molecule has 18 heavy (non-hydrogen) atoms. The smallest absolute Gasteiger partial charge is 0.334 e. The van der Waals surface area contributed by atoms with Crippen LogP contribution in [0.5, 0.6) is 0 Å². The summed E-state index contributed by atoms with van der Waals surface area (Å²) < 4.78 is 11.0. The van der Waals surface area contributed by atoms with E-state index in [0.29, 0.717) is 22.8 Å². The summed E-state index contributed by atoms with van der Waals surface area (Å²) in [6.07, 6.45) is 4.18. The molecule has 0 aromatic carbocycles. The first kappa shape index (κ1) is 13.9. The third-order valence-electron chi connectivity index (χ3n) is 3.96. The highest BCUT2D eigenvalue weighted by atomic mass is 35.5. The molecule has 0 spiro atoms. The molecule has 3 nitrogen and oxygen atoms in total. The van der Waals surface area contributed by atoms with Crippen molar-refractivity contribution in [2.45, 2.75) is 52.4 Å². The monoisotopic (exact) mass is 272 g/mol. The first-order valence-electron chi connectivity index (χ1n) is 6.70. The Morgan fingerprint density at radius 3 is 2.72 bits per heavy atom. The molecule has 0 aromatic rings. The molecule has 1 aliphatic heterocycles. The van der Waals surface area contributed by atoms with Crippen LogP contribution in [0.4, 0.5) is 0 Å². The van der Waals surface area contributed by atoms with Crippen LogP contribution in [0.25, 0.3) is 0 Å². The Morgan fingerprint density at radius 1 is 1.44 bits per heavy atom. The van der Waals surface area contributed by atoms with E-state index in [2.05, 4.69) is 20.8 Å². The predicted molar refractivity (Wildman–Crippen MR) is 70.0 cm³/mol. The molecule has 4 heteroatoms. The minimum atomic E-state index is -0.685. The van der Waals surface area contributed by atoms with Crippen LogP contribution >= 0.6 is 11.6 Å². The second-order valence-electron chi connectivity index (χ2n) is 5.80. The van der Waals surface area contributed by atoms with Crippen LogP contribution in [0.15, 0.2) is 11.1 Å². The van der Waals surface area contributed by atoms with Gasteiger partial charge in [0, 0.05) is 6.08 Å². The van der Waals surface area contributed by atoms with Gasteiger partial charge in [-0.1, -0.05) is 38.8 Å². The summed E-state index contributed by atoms with van der Waals surface area (Å²) in [5, 5.41) is 0.362. The van der Waals surface area contributed by atoms with Crippen LogP contribution < -0.4 is 0 Å². The molecule has 1 saturated carbocycles. The number of cyclic esters (lactones) is 1. The van der Waals surface area contributed by atoms with Crippen molar-refractivity contribution in [3.63, 3.8) is 0 Å². The highest BCUT2D eigenvalue weighted by Gasteiger charge is 2.36. The summed E-state index contributed by atoms with van der Waals surface area (Å²) in [7, 11) is 0. The Balaban J connectivity index is 2.01. The van der Waals surface area contributed by atoms with Crippen molar-refractivity contribution in [2.24, 2.45) is 17.8 Å². The van der Waals surface area contributed by atoms with Gasteiger partial charge in [0.25, 0.3) is 0 Å². The van der Waals surface area contributed by atoms with E-state index in [4.69, 9.17) is 21.1 Å². The summed E-state index contributed by atoms with van der Waals surface area (Å²) in [4.78, 5) is 11.1. The van der Waals surface area contributed by atoms with Gasteiger partial charge in [-0.15, -0.1) is 0 Å². The van der Waals surface area contributed by atoms with E-state index in [-0.39, 0.29) is 6.10 Å². The fourth-order valence-corrected chi connectivity index (χ4v) is 3.08. The highest BCUT2D eigenvalue weighted by molar-refractivity contribution is 6.32. The lowest BCUT2D eigenvalue weighted by atomic mass is 9.75. The van der Waals surface area contributed by atoms with Crippen LogP contribution in [-0.2, 0) is 14.3 Å². The average molecular weight is 273 g/mol. The topological polar surface area (TPSA) is 35.5 Å². The van der Waals surface area contributed by atoms with Crippen LogP contribution in [0.3, 0.4) is 0 Å². The lowest BCUT2D eigenvalue weighted by molar-refractivity contribution is -0.179. The number of ether oxygens (including phenoxy) is 2. The second-order valence-corrected chi connectivity index (χ2v) is 6.24. The fourth-order valence-electron chi connectivity index (χ4n) is 2.90. The summed E-state index contributed by atoms with van der Waals surface area (Å²) >= 11 is 5.95. The van der Waals surface area contributed by atoms with Gasteiger partial charge < -0.3 is 9.47 Å². The Morgan fingerprint density at radius 2 is 2.17 bits per heavy atom. The van der Waals surface area contributed by atoms with E-state index in [1.807, 2.05) is 0 Å². The van der Waals surface area contributed by atoms with Crippen LogP contribution in [-0.4, -0.2) is 18.4 Å². The van der Waals surface area contributed by atoms with Crippen molar-refractivity contribution >= 4 is 17.6 Å². The summed E-state index contributed by atoms with van der Waals surface area (Å²) in [6, 6.07) is 0. The maximum Gasteiger partial charge on any atom is 0.334 e. The summed E-state index contributed by atoms with van der Waals surface area (Å²) in [5.74, 6) is 1.34. The highest BCUT2D eigenvalue weighted by Crippen LogP contribution is 2.37. The Kier molecular flexibility index (Phi) is 4.33. The second kappa shape index (κ2) is 5.62. The minimum absolute atomic E-state index is 0.131. The van der Waals surface area contributed by atoms with Gasteiger partial charge >= 0.3 is 5.97 Å². The molecule has 1 fully saturated rings. The number of hydrogen-bond acceptors (Lipinski definition) is 3. The lowest BCUT2D eigenvalue weighted by Crippen LogP contribution is -2.37. The third-order valence-corrected chi connectivity index (χ3v) is 4.25. The van der Waals surface area contributed by atoms with Gasteiger partial charge in [0.15, 0.2) is 0 Å². The first-order chi connectivity index (χ1) is 8.47. The lowest BCUT2D eigenvalue weighted by Gasteiger charge is -2.38. The molecule has 0 bridgehead atoms. The molecule has 0 N–H and O–H groups in total. The van der Waals surface area contributed by atoms with Crippen molar-refractivity contribution in [3.05, 3.63) is 11.1 Å². The number of carbonyl (C=O) groups excluding carboxylic acids is 1. The van der Waals surface area contributed by atoms with Crippen molar-refractivity contribution in [1.82, 2.24) is 0 Å². The number of esters is 1. The molecule has 102 valence electrons. The fraction of sp³-hybridized carbons (Fsp3) is 0.786. The molecule has 1 heterocycles. The van der Waals surface area contributed by atoms with Gasteiger partial charge in [0.2, 0.25) is 6.29 Å². The van der Waals surface area contributed by atoms with Crippen molar-refractivity contribution in [3.8, 4) is 0 Å². The Labute approximate surface area is 113 Å². The third kappa shape index (κ3) is 3.07. The van der Waals surface area contributed by atoms with Crippen LogP contribution in [0.1, 0.15) is 40.0 Å². The maximum absolute atomic E-state index is 11.1. The maximum atomic E-state index is 11.1. The van der Waals surface area contributed by atoms with Gasteiger partial charge in [-0.3, -0.25) is 0 Å². The van der Waals surface area contributed by atoms with E-state index >= 15 is 0 Å². The molecule has 0 amide bonds. The number of rotatable bonds is 3.